The molecule has 2 heterocycles. The Kier molecular flexibility index (Phi) is 1.08. The summed E-state index contributed by atoms with van der Waals surface area (Å²) >= 11 is 0. The number of hydrogen-bond donors (Lipinski definition) is 1. The second-order valence-electron chi connectivity index (χ2n) is 2.70. The summed E-state index contributed by atoms with van der Waals surface area (Å²) in [6.45, 7) is 0. The fourth-order valence-electron chi connectivity index (χ4n) is 1.51. The molecule has 0 aromatic rings. The topological polar surface area (TPSA) is 46.5 Å². The van der Waals surface area contributed by atoms with Gasteiger partial charge in [-0.3, -0.25) is 4.79 Å². The van der Waals surface area contributed by atoms with Crippen LogP contribution in [0.25, 0.3) is 0 Å². The average molecular weight is 140 g/mol. The first kappa shape index (κ1) is 5.92. The highest BCUT2D eigenvalue weighted by Crippen LogP contribution is 2.33. The van der Waals surface area contributed by atoms with Crippen molar-refractivity contribution in [3.63, 3.8) is 0 Å². The molecular weight excluding hydrogens is 132 g/mol. The molecular formula is C7H8O3. The van der Waals surface area contributed by atoms with E-state index >= 15 is 0 Å². The maximum Gasteiger partial charge on any atom is 0.309 e. The molecule has 0 saturated carbocycles. The van der Waals surface area contributed by atoms with Crippen LogP contribution in [0.4, 0.5) is 0 Å². The normalized spacial score (nSPS) is 42.6. The summed E-state index contributed by atoms with van der Waals surface area (Å²) < 4.78 is 5.25. The average Bonchev–Trinajstić information content (AvgIpc) is 2.44. The highest BCUT2D eigenvalue weighted by Gasteiger charge is 2.40. The van der Waals surface area contributed by atoms with Crippen molar-refractivity contribution in [2.45, 2.75) is 18.6 Å². The van der Waals surface area contributed by atoms with Crippen LogP contribution in [0.15, 0.2) is 12.2 Å². The third-order valence-corrected chi connectivity index (χ3v) is 2.05. The maximum atomic E-state index is 10.5. The summed E-state index contributed by atoms with van der Waals surface area (Å²) in [7, 11) is 0. The van der Waals surface area contributed by atoms with E-state index in [9.17, 15) is 4.79 Å². The number of fused-ring (bicyclic) bond motifs is 2. The Morgan fingerprint density at radius 3 is 2.70 bits per heavy atom. The summed E-state index contributed by atoms with van der Waals surface area (Å²) in [5, 5.41) is 8.62. The van der Waals surface area contributed by atoms with E-state index in [4.69, 9.17) is 9.84 Å². The largest absolute Gasteiger partial charge is 0.481 e. The van der Waals surface area contributed by atoms with Crippen molar-refractivity contribution in [2.75, 3.05) is 0 Å². The van der Waals surface area contributed by atoms with Gasteiger partial charge in [0.05, 0.1) is 18.1 Å². The van der Waals surface area contributed by atoms with E-state index in [1.807, 2.05) is 12.2 Å². The highest BCUT2D eigenvalue weighted by atomic mass is 16.5. The monoisotopic (exact) mass is 140 g/mol. The minimum atomic E-state index is -0.739. The molecule has 1 saturated heterocycles. The molecule has 3 atom stereocenters. The fraction of sp³-hybridized carbons (Fsp3) is 0.571. The van der Waals surface area contributed by atoms with Gasteiger partial charge < -0.3 is 9.84 Å². The Hall–Kier alpha value is -0.830. The smallest absolute Gasteiger partial charge is 0.309 e. The van der Waals surface area contributed by atoms with Crippen LogP contribution in [0.3, 0.4) is 0 Å². The molecule has 0 aromatic heterocycles. The molecule has 0 radical (unpaired) electrons. The highest BCUT2D eigenvalue weighted by molar-refractivity contribution is 5.72. The van der Waals surface area contributed by atoms with Crippen LogP contribution in [0, 0.1) is 5.92 Å². The van der Waals surface area contributed by atoms with Crippen LogP contribution in [0.1, 0.15) is 6.42 Å². The molecule has 1 fully saturated rings. The minimum absolute atomic E-state index is 0.0751. The van der Waals surface area contributed by atoms with Crippen molar-refractivity contribution >= 4 is 5.97 Å². The third-order valence-electron chi connectivity index (χ3n) is 2.05. The Bertz CT molecular complexity index is 197. The van der Waals surface area contributed by atoms with E-state index in [2.05, 4.69) is 0 Å². The van der Waals surface area contributed by atoms with Gasteiger partial charge in [0.2, 0.25) is 0 Å². The number of ether oxygens (including phenoxy) is 1. The third kappa shape index (κ3) is 0.671. The number of carboxylic acids is 1. The van der Waals surface area contributed by atoms with E-state index in [1.165, 1.54) is 0 Å². The quantitative estimate of drug-likeness (QED) is 0.537. The molecule has 0 aliphatic carbocycles. The van der Waals surface area contributed by atoms with Crippen LogP contribution in [0.2, 0.25) is 0 Å². The van der Waals surface area contributed by atoms with E-state index in [0.29, 0.717) is 6.42 Å². The van der Waals surface area contributed by atoms with Gasteiger partial charge in [-0.15, -0.1) is 0 Å². The molecule has 3 heteroatoms. The number of carboxylic acid groups (broad SMARTS) is 1. The first-order valence-corrected chi connectivity index (χ1v) is 3.34. The van der Waals surface area contributed by atoms with Crippen molar-refractivity contribution in [1.82, 2.24) is 0 Å². The van der Waals surface area contributed by atoms with Gasteiger partial charge in [0.15, 0.2) is 0 Å². The van der Waals surface area contributed by atoms with Gasteiger partial charge in [0, 0.05) is 0 Å². The second-order valence-corrected chi connectivity index (χ2v) is 2.70. The SMILES string of the molecule is O=C(O)C1C[C@H]2C=C[C@@H]1O2. The minimum Gasteiger partial charge on any atom is -0.481 e. The summed E-state index contributed by atoms with van der Waals surface area (Å²) in [4.78, 5) is 10.5. The predicted octanol–water partition coefficient (Wildman–Crippen LogP) is 0.415. The first-order chi connectivity index (χ1) is 4.77. The lowest BCUT2D eigenvalue weighted by atomic mass is 9.95. The standard InChI is InChI=1S/C7H8O3/c8-7(9)5-3-4-1-2-6(5)10-4/h1-2,4-6H,3H2,(H,8,9)/t4-,5?,6+/m1/s1. The zero-order chi connectivity index (χ0) is 7.14. The Balaban J connectivity index is 2.16. The van der Waals surface area contributed by atoms with E-state index in [-0.39, 0.29) is 18.1 Å². The van der Waals surface area contributed by atoms with Gasteiger partial charge in [-0.1, -0.05) is 12.2 Å². The molecule has 1 unspecified atom stereocenters. The van der Waals surface area contributed by atoms with E-state index in [1.54, 1.807) is 0 Å². The van der Waals surface area contributed by atoms with Crippen molar-refractivity contribution < 1.29 is 14.6 Å². The summed E-state index contributed by atoms with van der Waals surface area (Å²) in [6, 6.07) is 0. The van der Waals surface area contributed by atoms with E-state index in [0.717, 1.165) is 0 Å². The number of carbonyl (C=O) groups is 1. The summed E-state index contributed by atoms with van der Waals surface area (Å²) in [6.07, 6.45) is 4.35. The molecule has 2 rings (SSSR count). The maximum absolute atomic E-state index is 10.5. The number of rotatable bonds is 1. The molecule has 2 bridgehead atoms. The van der Waals surface area contributed by atoms with Crippen LogP contribution in [-0.4, -0.2) is 23.3 Å². The van der Waals surface area contributed by atoms with Gasteiger partial charge in [0.1, 0.15) is 0 Å². The van der Waals surface area contributed by atoms with Crippen LogP contribution < -0.4 is 0 Å². The van der Waals surface area contributed by atoms with Gasteiger partial charge in [-0.05, 0) is 6.42 Å². The lowest BCUT2D eigenvalue weighted by Gasteiger charge is -2.08. The molecule has 0 spiro atoms. The Morgan fingerprint density at radius 2 is 2.40 bits per heavy atom. The molecule has 0 amide bonds. The van der Waals surface area contributed by atoms with Crippen molar-refractivity contribution in [3.05, 3.63) is 12.2 Å². The van der Waals surface area contributed by atoms with E-state index < -0.39 is 5.97 Å². The molecule has 10 heavy (non-hydrogen) atoms. The summed E-state index contributed by atoms with van der Waals surface area (Å²) in [5.74, 6) is -1.04. The molecule has 54 valence electrons. The second kappa shape index (κ2) is 1.83. The fourth-order valence-corrected chi connectivity index (χ4v) is 1.51. The van der Waals surface area contributed by atoms with Gasteiger partial charge in [-0.2, -0.15) is 0 Å². The first-order valence-electron chi connectivity index (χ1n) is 3.34. The van der Waals surface area contributed by atoms with Crippen molar-refractivity contribution in [1.29, 1.82) is 0 Å². The molecule has 2 aliphatic rings. The van der Waals surface area contributed by atoms with Crippen LogP contribution in [-0.2, 0) is 9.53 Å². The number of aliphatic carboxylic acids is 1. The number of hydrogen-bond acceptors (Lipinski definition) is 2. The van der Waals surface area contributed by atoms with Gasteiger partial charge in [0.25, 0.3) is 0 Å². The lowest BCUT2D eigenvalue weighted by Crippen LogP contribution is -2.22. The van der Waals surface area contributed by atoms with Crippen LogP contribution in [0.5, 0.6) is 0 Å². The zero-order valence-electron chi connectivity index (χ0n) is 5.36. The predicted molar refractivity (Wildman–Crippen MR) is 33.5 cm³/mol. The molecule has 1 N–H and O–H groups in total. The molecule has 0 aromatic carbocycles. The Labute approximate surface area is 58.3 Å². The zero-order valence-corrected chi connectivity index (χ0v) is 5.36. The van der Waals surface area contributed by atoms with Crippen molar-refractivity contribution in [3.8, 4) is 0 Å². The Morgan fingerprint density at radius 1 is 1.60 bits per heavy atom. The van der Waals surface area contributed by atoms with Gasteiger partial charge >= 0.3 is 5.97 Å². The lowest BCUT2D eigenvalue weighted by molar-refractivity contribution is -0.142. The van der Waals surface area contributed by atoms with Crippen molar-refractivity contribution in [2.24, 2.45) is 5.92 Å². The van der Waals surface area contributed by atoms with Gasteiger partial charge in [-0.25, -0.2) is 0 Å². The summed E-state index contributed by atoms with van der Waals surface area (Å²) in [5.41, 5.74) is 0. The van der Waals surface area contributed by atoms with Crippen LogP contribution >= 0.6 is 0 Å². The molecule has 2 aliphatic heterocycles. The molecule has 3 nitrogen and oxygen atoms in total.